The van der Waals surface area contributed by atoms with E-state index in [2.05, 4.69) is 40.0 Å². The Labute approximate surface area is 361 Å². The van der Waals surface area contributed by atoms with Gasteiger partial charge in [-0.05, 0) is 96.1 Å². The number of nitrogens with one attached hydrogen (secondary N) is 4. The summed E-state index contributed by atoms with van der Waals surface area (Å²) in [5.74, 6) is -1.85. The first-order valence-electron chi connectivity index (χ1n) is 21.7. The van der Waals surface area contributed by atoms with E-state index in [0.717, 1.165) is 101 Å². The molecule has 1 aliphatic carbocycles. The first-order valence-corrected chi connectivity index (χ1v) is 21.7. The number of pyridine rings is 1. The van der Waals surface area contributed by atoms with E-state index >= 15 is 4.39 Å². The molecule has 0 unspecified atom stereocenters. The fraction of sp³-hybridized carbons (Fsp3) is 0.500. The zero-order valence-electron chi connectivity index (χ0n) is 36.1. The Morgan fingerprint density at radius 1 is 1.03 bits per heavy atom. The molecule has 5 N–H and O–H groups in total. The molecule has 62 heavy (non-hydrogen) atoms. The molecule has 2 aliphatic heterocycles. The van der Waals surface area contributed by atoms with Gasteiger partial charge in [-0.3, -0.25) is 29.1 Å². The number of fused-ring (bicyclic) bond motifs is 1. The number of halogens is 1. The molecule has 5 heterocycles. The van der Waals surface area contributed by atoms with Crippen molar-refractivity contribution in [3.05, 3.63) is 76.3 Å². The van der Waals surface area contributed by atoms with E-state index in [1.165, 1.54) is 19.2 Å². The Kier molecular flexibility index (Phi) is 13.6. The third-order valence-electron chi connectivity index (χ3n) is 13.0. The summed E-state index contributed by atoms with van der Waals surface area (Å²) in [6.45, 7) is 11.0. The second-order valence-electron chi connectivity index (χ2n) is 17.4. The molecule has 0 bridgehead atoms. The van der Waals surface area contributed by atoms with Crippen LogP contribution in [0, 0.1) is 29.5 Å². The molecule has 328 valence electrons. The number of anilines is 2. The van der Waals surface area contributed by atoms with Gasteiger partial charge >= 0.3 is 0 Å². The number of aromatic nitrogens is 4. The van der Waals surface area contributed by atoms with Crippen LogP contribution in [0.2, 0.25) is 0 Å². The van der Waals surface area contributed by atoms with Crippen LogP contribution in [0.1, 0.15) is 110 Å². The molecular weight excluding hydrogens is 790 g/mol. The van der Waals surface area contributed by atoms with E-state index in [9.17, 15) is 19.5 Å². The minimum atomic E-state index is -1.25. The Morgan fingerprint density at radius 3 is 2.31 bits per heavy atom. The van der Waals surface area contributed by atoms with Crippen molar-refractivity contribution in [2.45, 2.75) is 102 Å². The molecule has 3 aliphatic rings. The highest BCUT2D eigenvalue weighted by atomic mass is 19.1. The van der Waals surface area contributed by atoms with Gasteiger partial charge in [-0.25, -0.2) is 4.39 Å². The van der Waals surface area contributed by atoms with Crippen LogP contribution in [-0.2, 0) is 15.2 Å². The maximum absolute atomic E-state index is 15.3. The number of aromatic amines is 1. The minimum Gasteiger partial charge on any atom is -0.386 e. The molecule has 15 nitrogen and oxygen atoms in total. The first-order chi connectivity index (χ1) is 29.8. The Hall–Kier alpha value is -5.76. The molecule has 2 saturated heterocycles. The third kappa shape index (κ3) is 9.96. The standard InChI is InChI=1S/C46H58FN11O4/c1-29-42(24-38(47)44(51-29)31(28-59)5-12-43(60)50-4)57-15-13-35(14-16-57)56-19-17-55(18-20-56)34-7-9-36(10-8-34)58-27-32-22-41(37(46(2,3)62)23-40(32)54-58)53-45(61)39-11-6-33(52-39)21-30(25-48)26-49/h6,11,21-25,27-28,31,34-36,48,52,62H,5,7-10,12-20H2,1-4H3,(H,50,60)(H,53,61)/b30-21+,48-25?/t31-,34?,36?/m0/s1. The van der Waals surface area contributed by atoms with Gasteiger partial charge in [0.05, 0.1) is 45.7 Å². The number of hydrogen-bond donors (Lipinski definition) is 5. The van der Waals surface area contributed by atoms with Crippen LogP contribution in [-0.4, -0.2) is 117 Å². The average molecular weight is 848 g/mol. The largest absolute Gasteiger partial charge is 0.386 e. The van der Waals surface area contributed by atoms with Crippen molar-refractivity contribution in [1.29, 1.82) is 10.7 Å². The minimum absolute atomic E-state index is 0.109. The highest BCUT2D eigenvalue weighted by molar-refractivity contribution is 6.05. The normalized spacial score (nSPS) is 20.1. The number of aliphatic hydroxyl groups is 1. The van der Waals surface area contributed by atoms with Crippen molar-refractivity contribution in [3.63, 3.8) is 0 Å². The molecule has 1 atom stereocenters. The van der Waals surface area contributed by atoms with E-state index in [-0.39, 0.29) is 41.8 Å². The fourth-order valence-electron chi connectivity index (χ4n) is 9.46. The fourth-order valence-corrected chi connectivity index (χ4v) is 9.46. The summed E-state index contributed by atoms with van der Waals surface area (Å²) >= 11 is 0. The maximum atomic E-state index is 15.3. The van der Waals surface area contributed by atoms with Crippen molar-refractivity contribution in [2.75, 3.05) is 56.5 Å². The number of carbonyl (C=O) groups excluding carboxylic acids is 3. The third-order valence-corrected chi connectivity index (χ3v) is 13.0. The number of carbonyl (C=O) groups is 3. The summed E-state index contributed by atoms with van der Waals surface area (Å²) in [6.07, 6.45) is 11.7. The lowest BCUT2D eigenvalue weighted by atomic mass is 9.89. The number of benzene rings is 1. The van der Waals surface area contributed by atoms with Gasteiger partial charge in [0.2, 0.25) is 5.91 Å². The Bertz CT molecular complexity index is 2350. The number of aryl methyl sites for hydroxylation is 1. The van der Waals surface area contributed by atoms with Gasteiger partial charge < -0.3 is 35.8 Å². The van der Waals surface area contributed by atoms with Gasteiger partial charge in [0.25, 0.3) is 5.91 Å². The van der Waals surface area contributed by atoms with Gasteiger partial charge in [0, 0.05) is 106 Å². The summed E-state index contributed by atoms with van der Waals surface area (Å²) in [6, 6.07) is 11.7. The zero-order valence-corrected chi connectivity index (χ0v) is 36.1. The van der Waals surface area contributed by atoms with Crippen molar-refractivity contribution in [2.24, 2.45) is 0 Å². The molecular formula is C46H58FN11O4. The number of nitriles is 1. The van der Waals surface area contributed by atoms with E-state index in [4.69, 9.17) is 15.8 Å². The second-order valence-corrected chi connectivity index (χ2v) is 17.4. The number of rotatable bonds is 14. The van der Waals surface area contributed by atoms with Crippen molar-refractivity contribution >= 4 is 52.7 Å². The van der Waals surface area contributed by atoms with Crippen LogP contribution in [0.3, 0.4) is 0 Å². The lowest BCUT2D eigenvalue weighted by Crippen LogP contribution is -2.55. The van der Waals surface area contributed by atoms with Crippen molar-refractivity contribution in [1.82, 2.24) is 34.9 Å². The van der Waals surface area contributed by atoms with Gasteiger partial charge in [-0.1, -0.05) is 0 Å². The van der Waals surface area contributed by atoms with Crippen molar-refractivity contribution in [3.8, 4) is 6.07 Å². The van der Waals surface area contributed by atoms with E-state index in [0.29, 0.717) is 41.0 Å². The molecule has 1 saturated carbocycles. The molecule has 3 fully saturated rings. The summed E-state index contributed by atoms with van der Waals surface area (Å²) in [5, 5.41) is 38.9. The van der Waals surface area contributed by atoms with Crippen LogP contribution < -0.4 is 15.5 Å². The molecule has 4 aromatic rings. The van der Waals surface area contributed by atoms with E-state index in [1.807, 2.05) is 31.3 Å². The monoisotopic (exact) mass is 847 g/mol. The summed E-state index contributed by atoms with van der Waals surface area (Å²) in [4.78, 5) is 51.8. The SMILES string of the molecule is CNC(=O)CC[C@@H](C=O)c1nc(C)c(N2CCC(N3CCN(C4CCC(n5cc6cc(NC(=O)c7ccc(/C=C(/C#N)C=N)[nH]7)c(C(C)(C)O)cc6n5)CC4)CC3)CC2)cc1F. The molecule has 0 spiro atoms. The smallest absolute Gasteiger partial charge is 0.272 e. The number of allylic oxidation sites excluding steroid dienone is 1. The number of hydrogen-bond acceptors (Lipinski definition) is 11. The predicted octanol–water partition coefficient (Wildman–Crippen LogP) is 5.82. The number of piperidine rings is 1. The highest BCUT2D eigenvalue weighted by Crippen LogP contribution is 2.36. The number of nitrogens with zero attached hydrogens (tertiary/aromatic N) is 7. The second kappa shape index (κ2) is 19.1. The van der Waals surface area contributed by atoms with Crippen LogP contribution in [0.4, 0.5) is 15.8 Å². The lowest BCUT2D eigenvalue weighted by molar-refractivity contribution is -0.120. The number of piperazine rings is 1. The topological polar surface area (TPSA) is 199 Å². The van der Waals surface area contributed by atoms with E-state index < -0.39 is 23.2 Å². The highest BCUT2D eigenvalue weighted by Gasteiger charge is 2.33. The predicted molar refractivity (Wildman–Crippen MR) is 237 cm³/mol. The van der Waals surface area contributed by atoms with E-state index in [1.54, 1.807) is 26.0 Å². The maximum Gasteiger partial charge on any atom is 0.272 e. The molecule has 7 rings (SSSR count). The Balaban J connectivity index is 0.904. The van der Waals surface area contributed by atoms with Gasteiger partial charge in [-0.2, -0.15) is 10.4 Å². The first kappa shape index (κ1) is 44.3. The van der Waals surface area contributed by atoms with Crippen LogP contribution in [0.25, 0.3) is 17.0 Å². The summed E-state index contributed by atoms with van der Waals surface area (Å²) in [7, 11) is 1.54. The van der Waals surface area contributed by atoms with Gasteiger partial charge in [0.1, 0.15) is 23.9 Å². The van der Waals surface area contributed by atoms with Crippen molar-refractivity contribution < 1.29 is 23.9 Å². The Morgan fingerprint density at radius 2 is 1.69 bits per heavy atom. The molecule has 3 aromatic heterocycles. The zero-order chi connectivity index (χ0) is 44.1. The lowest BCUT2D eigenvalue weighted by Gasteiger charge is -2.46. The average Bonchev–Trinajstić information content (AvgIpc) is 3.93. The number of aldehydes is 1. The summed E-state index contributed by atoms with van der Waals surface area (Å²) in [5.41, 5.74) is 3.08. The number of amides is 2. The van der Waals surface area contributed by atoms with Crippen LogP contribution in [0.15, 0.2) is 42.1 Å². The quantitative estimate of drug-likeness (QED) is 0.0585. The van der Waals surface area contributed by atoms with Crippen LogP contribution >= 0.6 is 0 Å². The molecule has 0 radical (unpaired) electrons. The molecule has 1 aromatic carbocycles. The molecule has 2 amide bonds. The molecule has 16 heteroatoms. The van der Waals surface area contributed by atoms with Gasteiger partial charge in [0.15, 0.2) is 0 Å². The van der Waals surface area contributed by atoms with Crippen LogP contribution in [0.5, 0.6) is 0 Å². The van der Waals surface area contributed by atoms with Gasteiger partial charge in [-0.15, -0.1) is 0 Å². The number of H-pyrrole nitrogens is 1. The summed E-state index contributed by atoms with van der Waals surface area (Å²) < 4.78 is 17.4.